The van der Waals surface area contributed by atoms with E-state index in [0.717, 1.165) is 17.3 Å². The fraction of sp³-hybridized carbons (Fsp3) is 0.0455. The first kappa shape index (κ1) is 21.3. The largest absolute Gasteiger partial charge is 0.478 e. The Morgan fingerprint density at radius 3 is 2.71 bits per heavy atom. The first-order valence-electron chi connectivity index (χ1n) is 8.92. The molecule has 1 N–H and O–H groups in total. The fourth-order valence-corrected chi connectivity index (χ4v) is 4.49. The van der Waals surface area contributed by atoms with Crippen LogP contribution in [0.25, 0.3) is 17.4 Å². The number of aryl methyl sites for hydroxylation is 1. The number of carbonyl (C=O) groups excluding carboxylic acids is 1. The van der Waals surface area contributed by atoms with Crippen molar-refractivity contribution < 1.29 is 23.5 Å². The van der Waals surface area contributed by atoms with Gasteiger partial charge in [0, 0.05) is 11.6 Å². The molecule has 1 fully saturated rings. The number of halogens is 2. The number of carboxylic acid groups (broad SMARTS) is 1. The molecule has 1 aliphatic rings. The van der Waals surface area contributed by atoms with Gasteiger partial charge in [0.1, 0.15) is 17.3 Å². The van der Waals surface area contributed by atoms with Crippen LogP contribution in [0.5, 0.6) is 0 Å². The minimum atomic E-state index is -1.03. The molecule has 0 bridgehead atoms. The highest BCUT2D eigenvalue weighted by Gasteiger charge is 2.34. The number of thiocarbonyl (C=S) groups is 1. The number of carbonyl (C=O) groups is 2. The van der Waals surface area contributed by atoms with Crippen LogP contribution in [0.1, 0.15) is 21.7 Å². The molecule has 1 aromatic heterocycles. The van der Waals surface area contributed by atoms with Gasteiger partial charge in [0.25, 0.3) is 5.91 Å². The zero-order valence-corrected chi connectivity index (χ0v) is 18.3. The Kier molecular flexibility index (Phi) is 5.70. The summed E-state index contributed by atoms with van der Waals surface area (Å²) in [5.41, 5.74) is 2.02. The Morgan fingerprint density at radius 2 is 2.00 bits per heavy atom. The second-order valence-electron chi connectivity index (χ2n) is 6.65. The van der Waals surface area contributed by atoms with Crippen LogP contribution in [0.3, 0.4) is 0 Å². The molecule has 1 amide bonds. The van der Waals surface area contributed by atoms with E-state index in [4.69, 9.17) is 28.2 Å². The molecule has 0 saturated carbocycles. The first-order valence-corrected chi connectivity index (χ1v) is 10.5. The molecule has 31 heavy (non-hydrogen) atoms. The number of rotatable bonds is 4. The molecule has 2 aromatic carbocycles. The second kappa shape index (κ2) is 8.30. The number of nitrogens with zero attached hydrogens (tertiary/aromatic N) is 1. The van der Waals surface area contributed by atoms with E-state index in [0.29, 0.717) is 27.7 Å². The highest BCUT2D eigenvalue weighted by molar-refractivity contribution is 8.27. The number of anilines is 1. The summed E-state index contributed by atoms with van der Waals surface area (Å²) in [6, 6.07) is 12.1. The highest BCUT2D eigenvalue weighted by atomic mass is 35.5. The van der Waals surface area contributed by atoms with E-state index in [-0.39, 0.29) is 20.8 Å². The van der Waals surface area contributed by atoms with Crippen molar-refractivity contribution in [3.8, 4) is 11.3 Å². The highest BCUT2D eigenvalue weighted by Crippen LogP contribution is 2.38. The third-order valence-corrected chi connectivity index (χ3v) is 6.20. The van der Waals surface area contributed by atoms with Crippen molar-refractivity contribution in [1.29, 1.82) is 0 Å². The van der Waals surface area contributed by atoms with Crippen LogP contribution in [-0.2, 0) is 4.79 Å². The van der Waals surface area contributed by atoms with Gasteiger partial charge in [-0.05, 0) is 55.0 Å². The first-order chi connectivity index (χ1) is 14.7. The molecule has 3 aromatic rings. The van der Waals surface area contributed by atoms with E-state index >= 15 is 0 Å². The maximum atomic E-state index is 13.5. The minimum absolute atomic E-state index is 0.106. The average molecular weight is 474 g/mol. The molecular weight excluding hydrogens is 461 g/mol. The number of thioether (sulfide) groups is 1. The van der Waals surface area contributed by atoms with E-state index in [1.807, 2.05) is 6.92 Å². The van der Waals surface area contributed by atoms with Gasteiger partial charge in [-0.15, -0.1) is 0 Å². The number of carboxylic acids is 1. The Hall–Kier alpha value is -2.94. The number of hydrogen-bond acceptors (Lipinski definition) is 5. The second-order valence-corrected chi connectivity index (χ2v) is 8.74. The Balaban J connectivity index is 1.63. The van der Waals surface area contributed by atoms with Gasteiger partial charge in [-0.25, -0.2) is 9.18 Å². The summed E-state index contributed by atoms with van der Waals surface area (Å²) in [6.07, 6.45) is 1.56. The lowest BCUT2D eigenvalue weighted by Crippen LogP contribution is -2.27. The topological polar surface area (TPSA) is 70.8 Å². The van der Waals surface area contributed by atoms with Crippen LogP contribution in [0.15, 0.2) is 57.9 Å². The average Bonchev–Trinajstić information content (AvgIpc) is 3.29. The summed E-state index contributed by atoms with van der Waals surface area (Å²) >= 11 is 12.2. The van der Waals surface area contributed by atoms with Gasteiger partial charge in [0.15, 0.2) is 4.32 Å². The zero-order chi connectivity index (χ0) is 22.3. The van der Waals surface area contributed by atoms with Crippen molar-refractivity contribution in [2.75, 3.05) is 4.90 Å². The van der Waals surface area contributed by atoms with Crippen molar-refractivity contribution >= 4 is 63.5 Å². The Labute approximate surface area is 191 Å². The van der Waals surface area contributed by atoms with Crippen molar-refractivity contribution in [2.24, 2.45) is 0 Å². The van der Waals surface area contributed by atoms with E-state index in [2.05, 4.69) is 0 Å². The van der Waals surface area contributed by atoms with Crippen LogP contribution in [0, 0.1) is 12.7 Å². The lowest BCUT2D eigenvalue weighted by Gasteiger charge is -2.14. The molecule has 0 unspecified atom stereocenters. The number of amides is 1. The molecule has 0 aliphatic carbocycles. The lowest BCUT2D eigenvalue weighted by atomic mass is 10.0. The third-order valence-electron chi connectivity index (χ3n) is 4.61. The van der Waals surface area contributed by atoms with Crippen molar-refractivity contribution in [3.05, 3.63) is 81.2 Å². The summed E-state index contributed by atoms with van der Waals surface area (Å²) in [5.74, 6) is -1.10. The normalized spacial score (nSPS) is 15.2. The van der Waals surface area contributed by atoms with Crippen LogP contribution in [0.2, 0.25) is 5.02 Å². The monoisotopic (exact) mass is 473 g/mol. The molecule has 156 valence electrons. The Morgan fingerprint density at radius 1 is 1.23 bits per heavy atom. The summed E-state index contributed by atoms with van der Waals surface area (Å²) in [5, 5.41) is 9.11. The summed E-state index contributed by atoms with van der Waals surface area (Å²) in [6.45, 7) is 1.85. The molecule has 4 rings (SSSR count). The SMILES string of the molecule is Cc1ccc(C(=O)O)cc1-c1ccc(/C=C2\SC(=S)N(c3ccc(F)c(Cl)c3)C2=O)o1. The molecule has 5 nitrogen and oxygen atoms in total. The number of furan rings is 1. The molecule has 2 heterocycles. The van der Waals surface area contributed by atoms with E-state index in [9.17, 15) is 19.1 Å². The van der Waals surface area contributed by atoms with Gasteiger partial charge < -0.3 is 9.52 Å². The van der Waals surface area contributed by atoms with Crippen molar-refractivity contribution in [3.63, 3.8) is 0 Å². The van der Waals surface area contributed by atoms with Gasteiger partial charge in [0.05, 0.1) is 21.2 Å². The number of benzene rings is 2. The number of hydrogen-bond donors (Lipinski definition) is 1. The van der Waals surface area contributed by atoms with E-state index < -0.39 is 11.8 Å². The molecule has 1 saturated heterocycles. The van der Waals surface area contributed by atoms with Crippen molar-refractivity contribution in [1.82, 2.24) is 0 Å². The van der Waals surface area contributed by atoms with Gasteiger partial charge >= 0.3 is 5.97 Å². The maximum absolute atomic E-state index is 13.5. The molecule has 0 radical (unpaired) electrons. The predicted molar refractivity (Wildman–Crippen MR) is 123 cm³/mol. The molecule has 9 heteroatoms. The Bertz CT molecular complexity index is 1280. The predicted octanol–water partition coefficient (Wildman–Crippen LogP) is 6.15. The quantitative estimate of drug-likeness (QED) is 0.362. The summed E-state index contributed by atoms with van der Waals surface area (Å²) in [4.78, 5) is 25.7. The standard InChI is InChI=1S/C22H13ClFNO4S2/c1-11-2-3-12(21(27)28)8-15(11)18-7-5-14(29-18)10-19-20(26)25(22(30)31-19)13-4-6-17(24)16(23)9-13/h2-10H,1H3,(H,27,28)/b19-10-. The number of aromatic carboxylic acids is 1. The summed E-state index contributed by atoms with van der Waals surface area (Å²) < 4.78 is 19.6. The van der Waals surface area contributed by atoms with Gasteiger partial charge in [0.2, 0.25) is 0 Å². The molecule has 0 spiro atoms. The smallest absolute Gasteiger partial charge is 0.335 e. The fourth-order valence-electron chi connectivity index (χ4n) is 3.04. The molecule has 0 atom stereocenters. The molecule has 1 aliphatic heterocycles. The van der Waals surface area contributed by atoms with Crippen LogP contribution in [0.4, 0.5) is 10.1 Å². The minimum Gasteiger partial charge on any atom is -0.478 e. The third kappa shape index (κ3) is 4.14. The maximum Gasteiger partial charge on any atom is 0.335 e. The van der Waals surface area contributed by atoms with Crippen LogP contribution in [-0.4, -0.2) is 21.3 Å². The van der Waals surface area contributed by atoms with Gasteiger partial charge in [-0.2, -0.15) is 0 Å². The van der Waals surface area contributed by atoms with Crippen molar-refractivity contribution in [2.45, 2.75) is 6.92 Å². The lowest BCUT2D eigenvalue weighted by molar-refractivity contribution is -0.113. The van der Waals surface area contributed by atoms with Crippen LogP contribution >= 0.6 is 35.6 Å². The van der Waals surface area contributed by atoms with Crippen LogP contribution < -0.4 is 4.90 Å². The van der Waals surface area contributed by atoms with E-state index in [1.54, 1.807) is 24.3 Å². The van der Waals surface area contributed by atoms with Gasteiger partial charge in [-0.3, -0.25) is 9.69 Å². The molecular formula is C22H13ClFNO4S2. The zero-order valence-electron chi connectivity index (χ0n) is 15.9. The summed E-state index contributed by atoms with van der Waals surface area (Å²) in [7, 11) is 0. The van der Waals surface area contributed by atoms with E-state index in [1.165, 1.54) is 35.2 Å². The van der Waals surface area contributed by atoms with Gasteiger partial charge in [-0.1, -0.05) is 41.6 Å².